The molecule has 0 aromatic carbocycles. The number of hydrogen-bond acceptors (Lipinski definition) is 3. The number of nitrogens with zero attached hydrogens (tertiary/aromatic N) is 2. The fraction of sp³-hybridized carbons (Fsp3) is 0.733. The summed E-state index contributed by atoms with van der Waals surface area (Å²) in [5.74, 6) is 0. The highest BCUT2D eigenvalue weighted by atomic mass is 16.1. The van der Waals surface area contributed by atoms with Crippen LogP contribution in [0.1, 0.15) is 45.5 Å². The third-order valence-electron chi connectivity index (χ3n) is 3.40. The Morgan fingerprint density at radius 3 is 2.47 bits per heavy atom. The normalized spacial score (nSPS) is 13.6. The summed E-state index contributed by atoms with van der Waals surface area (Å²) < 4.78 is 1.77. The van der Waals surface area contributed by atoms with Crippen molar-refractivity contribution in [2.45, 2.75) is 60.5 Å². The summed E-state index contributed by atoms with van der Waals surface area (Å²) in [6, 6.07) is 2.22. The van der Waals surface area contributed by atoms with Crippen LogP contribution in [0.25, 0.3) is 0 Å². The van der Waals surface area contributed by atoms with Gasteiger partial charge in [-0.3, -0.25) is 4.57 Å². The summed E-state index contributed by atoms with van der Waals surface area (Å²) in [5.41, 5.74) is 1.72. The van der Waals surface area contributed by atoms with Crippen molar-refractivity contribution in [1.82, 2.24) is 14.9 Å². The van der Waals surface area contributed by atoms with E-state index in [9.17, 15) is 4.79 Å². The molecule has 1 aromatic rings. The van der Waals surface area contributed by atoms with Crippen LogP contribution in [0.5, 0.6) is 0 Å². The van der Waals surface area contributed by atoms with Gasteiger partial charge in [0.05, 0.1) is 0 Å². The van der Waals surface area contributed by atoms with Crippen LogP contribution in [0.15, 0.2) is 10.9 Å². The van der Waals surface area contributed by atoms with E-state index < -0.39 is 0 Å². The first-order valence-electron chi connectivity index (χ1n) is 7.04. The average molecular weight is 265 g/mol. The summed E-state index contributed by atoms with van der Waals surface area (Å²) in [4.78, 5) is 16.1. The molecule has 0 saturated carbocycles. The lowest BCUT2D eigenvalue weighted by molar-refractivity contribution is 0.238. The molecule has 0 amide bonds. The highest BCUT2D eigenvalue weighted by molar-refractivity contribution is 5.07. The third kappa shape index (κ3) is 4.46. The highest BCUT2D eigenvalue weighted by Gasteiger charge is 2.25. The summed E-state index contributed by atoms with van der Waals surface area (Å²) in [6.07, 6.45) is 1.09. The number of aryl methyl sites for hydroxylation is 2. The predicted octanol–water partition coefficient (Wildman–Crippen LogP) is 2.27. The summed E-state index contributed by atoms with van der Waals surface area (Å²) >= 11 is 0. The van der Waals surface area contributed by atoms with E-state index in [2.05, 4.69) is 38.0 Å². The molecule has 0 aliphatic rings. The highest BCUT2D eigenvalue weighted by Crippen LogP contribution is 2.20. The Kier molecular flexibility index (Phi) is 5.29. The first-order chi connectivity index (χ1) is 8.75. The smallest absolute Gasteiger partial charge is 0.312 e. The second-order valence-electron chi connectivity index (χ2n) is 6.30. The molecule has 0 bridgehead atoms. The van der Waals surface area contributed by atoms with E-state index in [0.717, 1.165) is 24.4 Å². The van der Waals surface area contributed by atoms with Gasteiger partial charge in [-0.05, 0) is 38.3 Å². The van der Waals surface area contributed by atoms with Crippen LogP contribution in [-0.2, 0) is 6.54 Å². The number of hydrogen-bond donors (Lipinski definition) is 1. The van der Waals surface area contributed by atoms with Gasteiger partial charge >= 0.3 is 5.69 Å². The van der Waals surface area contributed by atoms with Gasteiger partial charge in [0.25, 0.3) is 0 Å². The minimum absolute atomic E-state index is 0.103. The van der Waals surface area contributed by atoms with E-state index in [1.54, 1.807) is 4.57 Å². The summed E-state index contributed by atoms with van der Waals surface area (Å²) in [6.45, 7) is 14.2. The van der Waals surface area contributed by atoms with Gasteiger partial charge in [0, 0.05) is 24.0 Å². The minimum atomic E-state index is -0.148. The summed E-state index contributed by atoms with van der Waals surface area (Å²) in [5, 5.41) is 3.54. The van der Waals surface area contributed by atoms with Crippen molar-refractivity contribution in [3.63, 3.8) is 0 Å². The first kappa shape index (κ1) is 15.9. The van der Waals surface area contributed by atoms with Gasteiger partial charge in [0.1, 0.15) is 0 Å². The van der Waals surface area contributed by atoms with E-state index in [0.29, 0.717) is 6.54 Å². The molecule has 4 heteroatoms. The molecule has 1 atom stereocenters. The molecule has 0 fully saturated rings. The summed E-state index contributed by atoms with van der Waals surface area (Å²) in [7, 11) is 0. The maximum atomic E-state index is 12.0. The molecule has 0 aliphatic heterocycles. The van der Waals surface area contributed by atoms with Gasteiger partial charge in [-0.1, -0.05) is 27.7 Å². The molecule has 1 rings (SSSR count). The molecule has 0 aliphatic carbocycles. The van der Waals surface area contributed by atoms with Crippen molar-refractivity contribution in [1.29, 1.82) is 0 Å². The molecular formula is C15H27N3O. The Bertz CT molecular complexity index is 471. The quantitative estimate of drug-likeness (QED) is 0.888. The lowest BCUT2D eigenvalue weighted by Gasteiger charge is -2.32. The lowest BCUT2D eigenvalue weighted by atomic mass is 9.86. The zero-order valence-corrected chi connectivity index (χ0v) is 13.1. The van der Waals surface area contributed by atoms with Crippen LogP contribution >= 0.6 is 0 Å². The van der Waals surface area contributed by atoms with Crippen molar-refractivity contribution in [2.75, 3.05) is 6.54 Å². The maximum absolute atomic E-state index is 12.0. The molecule has 1 heterocycles. The van der Waals surface area contributed by atoms with Crippen LogP contribution < -0.4 is 11.0 Å². The SMILES string of the molecule is CCCNC(Cn1c(C)cc(C)nc1=O)C(C)(C)C. The zero-order valence-electron chi connectivity index (χ0n) is 13.1. The Morgan fingerprint density at radius 2 is 2.00 bits per heavy atom. The largest absolute Gasteiger partial charge is 0.348 e. The van der Waals surface area contributed by atoms with Crippen LogP contribution in [0.4, 0.5) is 0 Å². The number of aromatic nitrogens is 2. The van der Waals surface area contributed by atoms with Crippen LogP contribution in [0.3, 0.4) is 0 Å². The topological polar surface area (TPSA) is 46.9 Å². The third-order valence-corrected chi connectivity index (χ3v) is 3.40. The molecule has 0 radical (unpaired) electrons. The fourth-order valence-electron chi connectivity index (χ4n) is 2.14. The molecule has 19 heavy (non-hydrogen) atoms. The van der Waals surface area contributed by atoms with E-state index in [1.165, 1.54) is 0 Å². The molecule has 1 aromatic heterocycles. The Balaban J connectivity index is 3.00. The fourth-order valence-corrected chi connectivity index (χ4v) is 2.14. The van der Waals surface area contributed by atoms with E-state index in [-0.39, 0.29) is 17.1 Å². The van der Waals surface area contributed by atoms with Crippen LogP contribution in [-0.4, -0.2) is 22.1 Å². The molecule has 0 saturated heterocycles. The van der Waals surface area contributed by atoms with Crippen LogP contribution in [0, 0.1) is 19.3 Å². The van der Waals surface area contributed by atoms with Crippen molar-refractivity contribution in [2.24, 2.45) is 5.41 Å². The van der Waals surface area contributed by atoms with E-state index >= 15 is 0 Å². The van der Waals surface area contributed by atoms with Crippen molar-refractivity contribution in [3.8, 4) is 0 Å². The first-order valence-corrected chi connectivity index (χ1v) is 7.04. The number of nitrogens with one attached hydrogen (secondary N) is 1. The standard InChI is InChI=1S/C15H27N3O/c1-7-8-16-13(15(4,5)6)10-18-12(3)9-11(2)17-14(18)19/h9,13,16H,7-8,10H2,1-6H3. The van der Waals surface area contributed by atoms with E-state index in [4.69, 9.17) is 0 Å². The van der Waals surface area contributed by atoms with Gasteiger partial charge in [-0.15, -0.1) is 0 Å². The Morgan fingerprint density at radius 1 is 1.37 bits per heavy atom. The second-order valence-corrected chi connectivity index (χ2v) is 6.30. The Labute approximate surface area is 116 Å². The molecule has 1 N–H and O–H groups in total. The van der Waals surface area contributed by atoms with Gasteiger partial charge < -0.3 is 5.32 Å². The maximum Gasteiger partial charge on any atom is 0.348 e. The molecule has 4 nitrogen and oxygen atoms in total. The van der Waals surface area contributed by atoms with Gasteiger partial charge in [-0.2, -0.15) is 4.98 Å². The van der Waals surface area contributed by atoms with Crippen molar-refractivity contribution >= 4 is 0 Å². The van der Waals surface area contributed by atoms with E-state index in [1.807, 2.05) is 19.9 Å². The second kappa shape index (κ2) is 6.33. The average Bonchev–Trinajstić information content (AvgIpc) is 2.25. The molecule has 1 unspecified atom stereocenters. The lowest BCUT2D eigenvalue weighted by Crippen LogP contribution is -2.46. The monoisotopic (exact) mass is 265 g/mol. The van der Waals surface area contributed by atoms with Gasteiger partial charge in [0.2, 0.25) is 0 Å². The van der Waals surface area contributed by atoms with Gasteiger partial charge in [0.15, 0.2) is 0 Å². The van der Waals surface area contributed by atoms with Crippen molar-refractivity contribution < 1.29 is 0 Å². The molecular weight excluding hydrogens is 238 g/mol. The zero-order chi connectivity index (χ0) is 14.6. The van der Waals surface area contributed by atoms with Crippen molar-refractivity contribution in [3.05, 3.63) is 27.9 Å². The Hall–Kier alpha value is -1.16. The van der Waals surface area contributed by atoms with Gasteiger partial charge in [-0.25, -0.2) is 4.79 Å². The van der Waals surface area contributed by atoms with Crippen LogP contribution in [0.2, 0.25) is 0 Å². The predicted molar refractivity (Wildman–Crippen MR) is 79.5 cm³/mol. The number of rotatable bonds is 5. The molecule has 108 valence electrons. The molecule has 0 spiro atoms. The minimum Gasteiger partial charge on any atom is -0.312 e.